The number of ether oxygens (including phenoxy) is 1. The van der Waals surface area contributed by atoms with Crippen LogP contribution in [0, 0.1) is 11.6 Å². The average Bonchev–Trinajstić information content (AvgIpc) is 3.52. The molecule has 0 radical (unpaired) electrons. The molecule has 0 aliphatic carbocycles. The van der Waals surface area contributed by atoms with Crippen molar-refractivity contribution in [2.45, 2.75) is 19.9 Å². The largest absolute Gasteiger partial charge is 0.490 e. The Kier molecular flexibility index (Phi) is 7.50. The third kappa shape index (κ3) is 4.98. The van der Waals surface area contributed by atoms with Crippen molar-refractivity contribution >= 4 is 22.2 Å². The zero-order valence-electron chi connectivity index (χ0n) is 21.8. The van der Waals surface area contributed by atoms with E-state index >= 15 is 0 Å². The molecule has 0 saturated carbocycles. The molecule has 0 fully saturated rings. The minimum atomic E-state index is -0.510. The lowest BCUT2D eigenvalue weighted by Crippen LogP contribution is -2.18. The van der Waals surface area contributed by atoms with Gasteiger partial charge in [-0.25, -0.2) is 23.5 Å². The maximum absolute atomic E-state index is 14.5. The summed E-state index contributed by atoms with van der Waals surface area (Å²) < 4.78 is 37.2. The molecule has 6 rings (SSSR count). The Labute approximate surface area is 229 Å². The van der Waals surface area contributed by atoms with Crippen LogP contribution in [0.5, 0.6) is 5.75 Å². The lowest BCUT2D eigenvalue weighted by Gasteiger charge is -2.12. The lowest BCUT2D eigenvalue weighted by atomic mass is 10.1. The van der Waals surface area contributed by atoms with Crippen LogP contribution in [0.1, 0.15) is 25.2 Å². The van der Waals surface area contributed by atoms with Crippen molar-refractivity contribution in [3.63, 3.8) is 0 Å². The van der Waals surface area contributed by atoms with Crippen molar-refractivity contribution in [2.24, 2.45) is 0 Å². The van der Waals surface area contributed by atoms with Crippen molar-refractivity contribution in [1.82, 2.24) is 29.1 Å². The molecule has 1 N–H and O–H groups in total. The van der Waals surface area contributed by atoms with Gasteiger partial charge >= 0.3 is 5.69 Å². The molecule has 10 heteroatoms. The third-order valence-electron chi connectivity index (χ3n) is 6.29. The first-order chi connectivity index (χ1) is 19.5. The van der Waals surface area contributed by atoms with Gasteiger partial charge in [0.2, 0.25) is 5.95 Å². The van der Waals surface area contributed by atoms with Crippen molar-refractivity contribution in [3.05, 3.63) is 125 Å². The van der Waals surface area contributed by atoms with Gasteiger partial charge in [-0.05, 0) is 30.7 Å². The van der Waals surface area contributed by atoms with Crippen molar-refractivity contribution in [3.8, 4) is 11.7 Å². The molecular formula is C30H28F2N6O2. The summed E-state index contributed by atoms with van der Waals surface area (Å²) in [7, 11) is 0. The first-order valence-corrected chi connectivity index (χ1v) is 12.6. The van der Waals surface area contributed by atoms with Gasteiger partial charge in [0, 0.05) is 19.5 Å². The van der Waals surface area contributed by atoms with Crippen molar-refractivity contribution in [2.75, 3.05) is 6.61 Å². The Balaban J connectivity index is 0.00000126. The molecule has 0 saturated heterocycles. The van der Waals surface area contributed by atoms with E-state index in [1.165, 1.54) is 29.1 Å². The first kappa shape index (κ1) is 26.5. The highest BCUT2D eigenvalue weighted by Gasteiger charge is 2.20. The molecule has 8 nitrogen and oxygen atoms in total. The van der Waals surface area contributed by atoms with E-state index in [9.17, 15) is 13.6 Å². The summed E-state index contributed by atoms with van der Waals surface area (Å²) in [6.45, 7) is 8.06. The molecule has 0 unspecified atom stereocenters. The zero-order chi connectivity index (χ0) is 28.2. The molecular weight excluding hydrogens is 514 g/mol. The maximum atomic E-state index is 14.5. The van der Waals surface area contributed by atoms with Gasteiger partial charge in [-0.3, -0.25) is 9.13 Å². The maximum Gasteiger partial charge on any atom is 0.328 e. The zero-order valence-corrected chi connectivity index (χ0v) is 21.8. The smallest absolute Gasteiger partial charge is 0.328 e. The van der Waals surface area contributed by atoms with Gasteiger partial charge in [-0.1, -0.05) is 42.5 Å². The fourth-order valence-electron chi connectivity index (χ4n) is 4.54. The average molecular weight is 543 g/mol. The lowest BCUT2D eigenvalue weighted by molar-refractivity contribution is 0.317. The van der Waals surface area contributed by atoms with Crippen LogP contribution in [-0.4, -0.2) is 35.7 Å². The third-order valence-corrected chi connectivity index (χ3v) is 6.29. The molecule has 40 heavy (non-hydrogen) atoms. The molecule has 6 aromatic rings. The van der Waals surface area contributed by atoms with Gasteiger partial charge in [0.05, 0.1) is 29.9 Å². The van der Waals surface area contributed by atoms with Crippen LogP contribution >= 0.6 is 0 Å². The van der Waals surface area contributed by atoms with E-state index in [0.29, 0.717) is 39.9 Å². The van der Waals surface area contributed by atoms with Gasteiger partial charge in [-0.15, -0.1) is 13.2 Å². The van der Waals surface area contributed by atoms with Crippen LogP contribution in [0.15, 0.2) is 91.0 Å². The Bertz CT molecular complexity index is 1870. The number of imidazole rings is 2. The molecule has 0 amide bonds. The van der Waals surface area contributed by atoms with Gasteiger partial charge in [-0.2, -0.15) is 4.98 Å². The highest BCUT2D eigenvalue weighted by molar-refractivity contribution is 5.78. The standard InChI is InChI=1S/C28H22F2N6O2.C2H4.H2/c1-2-38-25-18(9-6-10-20(25)30)15-35-26-24(33-28(35)37)22(13-17-7-4-3-5-8-17)32-27(34-26)36-16-31-21-12-11-19(29)14-23(21)36;1-2;/h3-12,14,16H,2,13,15H2,1H3,(H,33,37);1-2H2;1H. The number of nitrogens with zero attached hydrogens (tertiary/aromatic N) is 5. The van der Waals surface area contributed by atoms with Gasteiger partial charge < -0.3 is 9.72 Å². The van der Waals surface area contributed by atoms with Crippen LogP contribution < -0.4 is 10.4 Å². The molecule has 0 bridgehead atoms. The normalized spacial score (nSPS) is 11.0. The molecule has 0 aliphatic rings. The van der Waals surface area contributed by atoms with E-state index in [-0.39, 0.29) is 26.3 Å². The summed E-state index contributed by atoms with van der Waals surface area (Å²) in [5, 5.41) is 0. The number of benzene rings is 3. The summed E-state index contributed by atoms with van der Waals surface area (Å²) >= 11 is 0. The number of nitrogens with one attached hydrogen (secondary N) is 1. The van der Waals surface area contributed by atoms with Gasteiger partial charge in [0.1, 0.15) is 17.7 Å². The van der Waals surface area contributed by atoms with Crippen LogP contribution in [0.2, 0.25) is 0 Å². The van der Waals surface area contributed by atoms with E-state index in [0.717, 1.165) is 5.56 Å². The summed E-state index contributed by atoms with van der Waals surface area (Å²) in [5.74, 6) is -0.609. The molecule has 3 aromatic carbocycles. The van der Waals surface area contributed by atoms with E-state index in [4.69, 9.17) is 14.7 Å². The minimum Gasteiger partial charge on any atom is -0.490 e. The number of para-hydroxylation sites is 1. The molecule has 0 atom stereocenters. The second-order valence-electron chi connectivity index (χ2n) is 8.76. The Morgan fingerprint density at radius 2 is 1.82 bits per heavy atom. The Morgan fingerprint density at radius 3 is 2.60 bits per heavy atom. The monoisotopic (exact) mass is 542 g/mol. The minimum absolute atomic E-state index is 0. The predicted octanol–water partition coefficient (Wildman–Crippen LogP) is 5.82. The van der Waals surface area contributed by atoms with E-state index < -0.39 is 17.3 Å². The Hall–Kier alpha value is -5.12. The topological polar surface area (TPSA) is 90.6 Å². The van der Waals surface area contributed by atoms with E-state index in [2.05, 4.69) is 23.1 Å². The number of hydrogen-bond donors (Lipinski definition) is 1. The number of aromatic amines is 1. The fourth-order valence-corrected chi connectivity index (χ4v) is 4.54. The van der Waals surface area contributed by atoms with Crippen molar-refractivity contribution in [1.29, 1.82) is 0 Å². The van der Waals surface area contributed by atoms with E-state index in [1.54, 1.807) is 29.7 Å². The van der Waals surface area contributed by atoms with Crippen LogP contribution in [0.25, 0.3) is 28.1 Å². The summed E-state index contributed by atoms with van der Waals surface area (Å²) in [4.78, 5) is 29.9. The highest BCUT2D eigenvalue weighted by atomic mass is 19.1. The molecule has 0 aliphatic heterocycles. The van der Waals surface area contributed by atoms with Crippen LogP contribution in [0.3, 0.4) is 0 Å². The number of halogens is 2. The van der Waals surface area contributed by atoms with E-state index in [1.807, 2.05) is 30.3 Å². The highest BCUT2D eigenvalue weighted by Crippen LogP contribution is 2.26. The molecule has 204 valence electrons. The number of H-pyrrole nitrogens is 1. The SMILES string of the molecule is C=C.CCOc1c(F)cccc1Cn1c(=O)[nH]c2c(Cc3ccccc3)nc(-n3cnc4ccc(F)cc43)nc21.[HH]. The summed E-state index contributed by atoms with van der Waals surface area (Å²) in [5.41, 5.74) is 3.50. The Morgan fingerprint density at radius 1 is 1.02 bits per heavy atom. The first-order valence-electron chi connectivity index (χ1n) is 12.6. The number of fused-ring (bicyclic) bond motifs is 2. The second kappa shape index (κ2) is 11.3. The predicted molar refractivity (Wildman–Crippen MR) is 152 cm³/mol. The molecule has 0 spiro atoms. The summed E-state index contributed by atoms with van der Waals surface area (Å²) in [6, 6.07) is 18.6. The van der Waals surface area contributed by atoms with Crippen LogP contribution in [-0.2, 0) is 13.0 Å². The number of aromatic nitrogens is 6. The fraction of sp³-hybridized carbons (Fsp3) is 0.133. The van der Waals surface area contributed by atoms with Crippen LogP contribution in [0.4, 0.5) is 8.78 Å². The van der Waals surface area contributed by atoms with Gasteiger partial charge in [0.25, 0.3) is 0 Å². The van der Waals surface area contributed by atoms with Crippen molar-refractivity contribution < 1.29 is 14.9 Å². The second-order valence-corrected chi connectivity index (χ2v) is 8.76. The number of hydrogen-bond acceptors (Lipinski definition) is 5. The molecule has 3 heterocycles. The number of rotatable bonds is 7. The van der Waals surface area contributed by atoms with Gasteiger partial charge in [0.15, 0.2) is 17.2 Å². The molecule has 3 aromatic heterocycles. The quantitative estimate of drug-likeness (QED) is 0.257. The summed E-state index contributed by atoms with van der Waals surface area (Å²) in [6.07, 6.45) is 1.93.